The number of hydrogen-bond donors (Lipinski definition) is 2. The molecule has 0 saturated heterocycles. The van der Waals surface area contributed by atoms with Crippen molar-refractivity contribution in [3.8, 4) is 0 Å². The van der Waals surface area contributed by atoms with Gasteiger partial charge in [0.05, 0.1) is 0 Å². The van der Waals surface area contributed by atoms with Crippen molar-refractivity contribution < 1.29 is 18.3 Å². The Morgan fingerprint density at radius 1 is 1.26 bits per heavy atom. The first-order valence-corrected chi connectivity index (χ1v) is 11.7. The van der Waals surface area contributed by atoms with E-state index in [1.54, 1.807) is 21.0 Å². The Labute approximate surface area is 202 Å². The fourth-order valence-electron chi connectivity index (χ4n) is 3.66. The van der Waals surface area contributed by atoms with Gasteiger partial charge in [0.2, 0.25) is 0 Å². The largest absolute Gasteiger partial charge is 0.372 e. The Morgan fingerprint density at radius 2 is 2.00 bits per heavy atom. The Balaban J connectivity index is 2.04. The van der Waals surface area contributed by atoms with Crippen LogP contribution in [0.2, 0.25) is 0 Å². The number of carbonyl (C=O) groups is 1. The Bertz CT molecular complexity index is 1070. The lowest BCUT2D eigenvalue weighted by atomic mass is 9.99. The van der Waals surface area contributed by atoms with Gasteiger partial charge in [0.15, 0.2) is 5.96 Å². The SMILES string of the molecule is CN=C(NC)NCCCC1(c2ccccc2)SC(c2cc(F)ccc2F)=NN1C(=O)C(C)OC. The second kappa shape index (κ2) is 11.4. The first-order chi connectivity index (χ1) is 16.4. The molecule has 0 radical (unpaired) electrons. The van der Waals surface area contributed by atoms with Crippen molar-refractivity contribution in [2.45, 2.75) is 30.7 Å². The molecule has 2 atom stereocenters. The van der Waals surface area contributed by atoms with Crippen LogP contribution >= 0.6 is 11.8 Å². The van der Waals surface area contributed by atoms with E-state index in [1.165, 1.54) is 23.9 Å². The summed E-state index contributed by atoms with van der Waals surface area (Å²) in [7, 11) is 4.89. The molecule has 7 nitrogen and oxygen atoms in total. The van der Waals surface area contributed by atoms with Gasteiger partial charge in [-0.15, -0.1) is 0 Å². The Morgan fingerprint density at radius 3 is 2.65 bits per heavy atom. The number of ether oxygens (including phenoxy) is 1. The van der Waals surface area contributed by atoms with Crippen molar-refractivity contribution >= 4 is 28.7 Å². The number of nitrogens with zero attached hydrogens (tertiary/aromatic N) is 3. The molecule has 1 amide bonds. The summed E-state index contributed by atoms with van der Waals surface area (Å²) in [6.45, 7) is 2.21. The number of methoxy groups -OCH3 is 1. The van der Waals surface area contributed by atoms with Gasteiger partial charge in [-0.25, -0.2) is 13.8 Å². The van der Waals surface area contributed by atoms with Gasteiger partial charge in [-0.1, -0.05) is 42.1 Å². The van der Waals surface area contributed by atoms with E-state index in [0.29, 0.717) is 25.3 Å². The number of benzene rings is 2. The number of nitrogens with one attached hydrogen (secondary N) is 2. The maximum absolute atomic E-state index is 14.7. The molecule has 0 aliphatic carbocycles. The van der Waals surface area contributed by atoms with E-state index in [9.17, 15) is 13.6 Å². The molecule has 10 heteroatoms. The molecule has 1 heterocycles. The molecule has 2 N–H and O–H groups in total. The first kappa shape index (κ1) is 25.6. The average Bonchev–Trinajstić information content (AvgIpc) is 3.25. The van der Waals surface area contributed by atoms with Gasteiger partial charge in [-0.3, -0.25) is 9.79 Å². The van der Waals surface area contributed by atoms with Crippen LogP contribution in [0.15, 0.2) is 58.6 Å². The molecular weight excluding hydrogens is 460 g/mol. The Kier molecular flexibility index (Phi) is 8.62. The maximum atomic E-state index is 14.7. The van der Waals surface area contributed by atoms with Gasteiger partial charge in [-0.05, 0) is 43.5 Å². The smallest absolute Gasteiger partial charge is 0.273 e. The fourth-order valence-corrected chi connectivity index (χ4v) is 5.09. The number of thioether (sulfide) groups is 1. The van der Waals surface area contributed by atoms with E-state index in [1.807, 2.05) is 30.3 Å². The van der Waals surface area contributed by atoms with Gasteiger partial charge < -0.3 is 15.4 Å². The normalized spacial score (nSPS) is 19.1. The highest BCUT2D eigenvalue weighted by molar-refractivity contribution is 8.15. The van der Waals surface area contributed by atoms with Crippen molar-refractivity contribution in [1.82, 2.24) is 15.6 Å². The maximum Gasteiger partial charge on any atom is 0.273 e. The van der Waals surface area contributed by atoms with Gasteiger partial charge in [0.25, 0.3) is 5.91 Å². The molecule has 0 aromatic heterocycles. The molecule has 182 valence electrons. The van der Waals surface area contributed by atoms with Crippen LogP contribution in [0.3, 0.4) is 0 Å². The van der Waals surface area contributed by atoms with E-state index in [0.717, 1.165) is 23.8 Å². The van der Waals surface area contributed by atoms with Crippen molar-refractivity contribution in [2.75, 3.05) is 27.7 Å². The highest BCUT2D eigenvalue weighted by atomic mass is 32.2. The van der Waals surface area contributed by atoms with Gasteiger partial charge in [0.1, 0.15) is 27.7 Å². The molecule has 0 spiro atoms. The molecule has 2 aromatic rings. The van der Waals surface area contributed by atoms with Crippen LogP contribution in [0.25, 0.3) is 0 Å². The molecule has 0 fully saturated rings. The molecule has 2 aromatic carbocycles. The van der Waals surface area contributed by atoms with E-state index in [2.05, 4.69) is 20.7 Å². The summed E-state index contributed by atoms with van der Waals surface area (Å²) in [4.78, 5) is 16.5. The number of halogens is 2. The lowest BCUT2D eigenvalue weighted by molar-refractivity contribution is -0.144. The molecule has 2 unspecified atom stereocenters. The van der Waals surface area contributed by atoms with E-state index >= 15 is 0 Å². The number of amides is 1. The van der Waals surface area contributed by atoms with Gasteiger partial charge >= 0.3 is 0 Å². The van der Waals surface area contributed by atoms with Gasteiger partial charge in [-0.2, -0.15) is 5.10 Å². The minimum absolute atomic E-state index is 0.0133. The number of guanidine groups is 1. The van der Waals surface area contributed by atoms with E-state index < -0.39 is 22.6 Å². The molecule has 0 saturated carbocycles. The summed E-state index contributed by atoms with van der Waals surface area (Å²) < 4.78 is 34.0. The third-order valence-corrected chi connectivity index (χ3v) is 6.98. The standard InChI is InChI=1S/C24H29F2N5O2S/c1-16(33-4)22(32)31-24(17-9-6-5-7-10-17,13-8-14-29-23(27-2)28-3)34-21(30-31)19-15-18(25)11-12-20(19)26/h5-7,9-12,15-16H,8,13-14H2,1-4H3,(H2,27,28,29). The zero-order valence-electron chi connectivity index (χ0n) is 19.6. The second-order valence-corrected chi connectivity index (χ2v) is 8.93. The van der Waals surface area contributed by atoms with Crippen LogP contribution in [-0.4, -0.2) is 55.8 Å². The number of aliphatic imine (C=N–C) groups is 1. The van der Waals surface area contributed by atoms with Crippen molar-refractivity contribution in [3.63, 3.8) is 0 Å². The van der Waals surface area contributed by atoms with Crippen LogP contribution in [-0.2, 0) is 14.4 Å². The second-order valence-electron chi connectivity index (χ2n) is 7.66. The predicted octanol–water partition coefficient (Wildman–Crippen LogP) is 3.66. The van der Waals surface area contributed by atoms with Crippen LogP contribution in [0.5, 0.6) is 0 Å². The van der Waals surface area contributed by atoms with Crippen molar-refractivity contribution in [1.29, 1.82) is 0 Å². The summed E-state index contributed by atoms with van der Waals surface area (Å²) >= 11 is 1.24. The summed E-state index contributed by atoms with van der Waals surface area (Å²) in [5.41, 5.74) is 0.838. The Hall–Kier alpha value is -2.98. The quantitative estimate of drug-likeness (QED) is 0.336. The third kappa shape index (κ3) is 5.39. The number of hydrazone groups is 1. The van der Waals surface area contributed by atoms with Gasteiger partial charge in [0, 0.05) is 33.3 Å². The van der Waals surface area contributed by atoms with E-state index in [4.69, 9.17) is 4.74 Å². The van der Waals surface area contributed by atoms with Crippen LogP contribution in [0.4, 0.5) is 8.78 Å². The van der Waals surface area contributed by atoms with Crippen LogP contribution < -0.4 is 10.6 Å². The zero-order chi connectivity index (χ0) is 24.7. The molecule has 3 rings (SSSR count). The monoisotopic (exact) mass is 489 g/mol. The molecule has 1 aliphatic heterocycles. The fraction of sp³-hybridized carbons (Fsp3) is 0.375. The molecular formula is C24H29F2N5O2S. The van der Waals surface area contributed by atoms with Crippen LogP contribution in [0, 0.1) is 11.6 Å². The summed E-state index contributed by atoms with van der Waals surface area (Å²) in [6, 6.07) is 12.7. The minimum Gasteiger partial charge on any atom is -0.372 e. The first-order valence-electron chi connectivity index (χ1n) is 10.9. The lowest BCUT2D eigenvalue weighted by Gasteiger charge is -2.37. The van der Waals surface area contributed by atoms with E-state index in [-0.39, 0.29) is 16.5 Å². The summed E-state index contributed by atoms with van der Waals surface area (Å²) in [6.07, 6.45) is 0.356. The van der Waals surface area contributed by atoms with Crippen molar-refractivity contribution in [2.24, 2.45) is 10.1 Å². The van der Waals surface area contributed by atoms with Crippen LogP contribution in [0.1, 0.15) is 30.9 Å². The number of rotatable bonds is 8. The number of carbonyl (C=O) groups excluding carboxylic acids is 1. The molecule has 1 aliphatic rings. The number of hydrogen-bond acceptors (Lipinski definition) is 5. The summed E-state index contributed by atoms with van der Waals surface area (Å²) in [5.74, 6) is -0.914. The minimum atomic E-state index is -0.968. The average molecular weight is 490 g/mol. The predicted molar refractivity (Wildman–Crippen MR) is 132 cm³/mol. The molecule has 0 bridgehead atoms. The third-order valence-electron chi connectivity index (χ3n) is 5.54. The summed E-state index contributed by atoms with van der Waals surface area (Å²) in [5, 5.41) is 12.3. The molecule has 34 heavy (non-hydrogen) atoms. The highest BCUT2D eigenvalue weighted by Gasteiger charge is 2.49. The lowest BCUT2D eigenvalue weighted by Crippen LogP contribution is -2.46. The van der Waals surface area contributed by atoms with Crippen molar-refractivity contribution in [3.05, 3.63) is 71.3 Å². The zero-order valence-corrected chi connectivity index (χ0v) is 20.5. The topological polar surface area (TPSA) is 78.3 Å². The highest BCUT2D eigenvalue weighted by Crippen LogP contribution is 2.50.